The van der Waals surface area contributed by atoms with Gasteiger partial charge in [-0.25, -0.2) is 9.59 Å². The summed E-state index contributed by atoms with van der Waals surface area (Å²) in [5.41, 5.74) is 1.82. The fraction of sp³-hybridized carbons (Fsp3) is 0.368. The van der Waals surface area contributed by atoms with Gasteiger partial charge in [0.1, 0.15) is 11.7 Å². The Bertz CT molecular complexity index is 960. The molecule has 3 heterocycles. The minimum atomic E-state index is -0.725. The van der Waals surface area contributed by atoms with Crippen LogP contribution in [0, 0.1) is 0 Å². The van der Waals surface area contributed by atoms with Crippen LogP contribution in [0.3, 0.4) is 0 Å². The molecule has 1 atom stereocenters. The van der Waals surface area contributed by atoms with Gasteiger partial charge in [-0.2, -0.15) is 0 Å². The molecular formula is C19H20N4O5S. The van der Waals surface area contributed by atoms with Crippen molar-refractivity contribution in [2.24, 2.45) is 0 Å². The van der Waals surface area contributed by atoms with Gasteiger partial charge in [0.05, 0.1) is 31.1 Å². The van der Waals surface area contributed by atoms with Crippen LogP contribution in [0.5, 0.6) is 11.5 Å². The fourth-order valence-electron chi connectivity index (χ4n) is 3.34. The number of nitrogens with zero attached hydrogens (tertiary/aromatic N) is 3. The molecule has 0 saturated heterocycles. The third-order valence-corrected chi connectivity index (χ3v) is 5.16. The Kier molecular flexibility index (Phi) is 5.34. The van der Waals surface area contributed by atoms with Crippen LogP contribution in [0.15, 0.2) is 34.8 Å². The molecule has 0 aliphatic carbocycles. The summed E-state index contributed by atoms with van der Waals surface area (Å²) >= 11 is 1.15. The second-order valence-electron chi connectivity index (χ2n) is 6.45. The normalized spacial score (nSPS) is 18.9. The SMILES string of the molecule is CCOC(=O)C1=C(C)N(c2ccc3c(c2)OCCCO3)C(=O)NC1c1csnn1. The maximum absolute atomic E-state index is 13.0. The molecule has 0 fully saturated rings. The number of carbonyl (C=O) groups is 2. The number of fused-ring (bicyclic) bond motifs is 1. The number of nitrogens with one attached hydrogen (secondary N) is 1. The molecule has 1 unspecified atom stereocenters. The number of anilines is 1. The summed E-state index contributed by atoms with van der Waals surface area (Å²) in [7, 11) is 0. The van der Waals surface area contributed by atoms with Crippen LogP contribution >= 0.6 is 11.5 Å². The summed E-state index contributed by atoms with van der Waals surface area (Å²) in [4.78, 5) is 27.1. The van der Waals surface area contributed by atoms with Crippen LogP contribution in [-0.2, 0) is 9.53 Å². The molecule has 0 spiro atoms. The van der Waals surface area contributed by atoms with Crippen LogP contribution in [0.1, 0.15) is 32.0 Å². The summed E-state index contributed by atoms with van der Waals surface area (Å²) in [6, 6.07) is 4.14. The number of hydrogen-bond acceptors (Lipinski definition) is 8. The highest BCUT2D eigenvalue weighted by molar-refractivity contribution is 7.03. The molecule has 2 aromatic rings. The van der Waals surface area contributed by atoms with Gasteiger partial charge in [-0.3, -0.25) is 4.90 Å². The van der Waals surface area contributed by atoms with E-state index in [0.717, 1.165) is 18.0 Å². The zero-order valence-corrected chi connectivity index (χ0v) is 16.8. The quantitative estimate of drug-likeness (QED) is 0.765. The van der Waals surface area contributed by atoms with E-state index in [1.165, 1.54) is 4.90 Å². The average molecular weight is 416 g/mol. The summed E-state index contributed by atoms with van der Waals surface area (Å²) < 4.78 is 20.5. The van der Waals surface area contributed by atoms with E-state index in [4.69, 9.17) is 14.2 Å². The number of esters is 1. The lowest BCUT2D eigenvalue weighted by Gasteiger charge is -2.34. The Morgan fingerprint density at radius 1 is 1.34 bits per heavy atom. The lowest BCUT2D eigenvalue weighted by molar-refractivity contribution is -0.139. The predicted molar refractivity (Wildman–Crippen MR) is 105 cm³/mol. The van der Waals surface area contributed by atoms with Gasteiger partial charge in [-0.05, 0) is 37.5 Å². The first-order valence-corrected chi connectivity index (χ1v) is 10.1. The number of hydrogen-bond donors (Lipinski definition) is 1. The summed E-state index contributed by atoms with van der Waals surface area (Å²) in [5.74, 6) is 0.675. The predicted octanol–water partition coefficient (Wildman–Crippen LogP) is 2.81. The lowest BCUT2D eigenvalue weighted by Crippen LogP contribution is -2.48. The van der Waals surface area contributed by atoms with Crippen molar-refractivity contribution in [1.82, 2.24) is 14.9 Å². The van der Waals surface area contributed by atoms with Crippen molar-refractivity contribution in [3.05, 3.63) is 40.5 Å². The van der Waals surface area contributed by atoms with Crippen molar-refractivity contribution < 1.29 is 23.8 Å². The van der Waals surface area contributed by atoms with E-state index in [1.54, 1.807) is 37.4 Å². The Hall–Kier alpha value is -3.14. The highest BCUT2D eigenvalue weighted by Crippen LogP contribution is 2.38. The topological polar surface area (TPSA) is 103 Å². The van der Waals surface area contributed by atoms with Gasteiger partial charge in [0.2, 0.25) is 0 Å². The summed E-state index contributed by atoms with van der Waals surface area (Å²) in [5, 5.41) is 8.56. The lowest BCUT2D eigenvalue weighted by atomic mass is 9.99. The zero-order chi connectivity index (χ0) is 20.4. The third-order valence-electron chi connectivity index (χ3n) is 4.64. The second kappa shape index (κ2) is 8.08. The molecule has 1 N–H and O–H groups in total. The van der Waals surface area contributed by atoms with Gasteiger partial charge in [-0.15, -0.1) is 5.10 Å². The van der Waals surface area contributed by atoms with Gasteiger partial charge in [-0.1, -0.05) is 4.49 Å². The molecule has 2 amide bonds. The molecular weight excluding hydrogens is 396 g/mol. The molecule has 10 heteroatoms. The monoisotopic (exact) mass is 416 g/mol. The van der Waals surface area contributed by atoms with Gasteiger partial charge in [0.15, 0.2) is 11.5 Å². The number of rotatable bonds is 4. The zero-order valence-electron chi connectivity index (χ0n) is 16.0. The number of carbonyl (C=O) groups excluding carboxylic acids is 2. The molecule has 0 bridgehead atoms. The summed E-state index contributed by atoms with van der Waals surface area (Å²) in [6.07, 6.45) is 0.781. The van der Waals surface area contributed by atoms with Crippen LogP contribution in [0.2, 0.25) is 0 Å². The van der Waals surface area contributed by atoms with Crippen molar-refractivity contribution >= 4 is 29.2 Å². The van der Waals surface area contributed by atoms with Gasteiger partial charge >= 0.3 is 12.0 Å². The van der Waals surface area contributed by atoms with E-state index in [9.17, 15) is 9.59 Å². The van der Waals surface area contributed by atoms with Crippen LogP contribution in [-0.4, -0.2) is 41.4 Å². The molecule has 2 aliphatic heterocycles. The number of amides is 2. The second-order valence-corrected chi connectivity index (χ2v) is 7.06. The number of aromatic nitrogens is 2. The molecule has 0 radical (unpaired) electrons. The Morgan fingerprint density at radius 3 is 2.86 bits per heavy atom. The molecule has 29 heavy (non-hydrogen) atoms. The van der Waals surface area contributed by atoms with Gasteiger partial charge in [0.25, 0.3) is 0 Å². The molecule has 152 valence electrons. The molecule has 1 aromatic heterocycles. The molecule has 1 aromatic carbocycles. The average Bonchev–Trinajstić information content (AvgIpc) is 3.13. The maximum Gasteiger partial charge on any atom is 0.338 e. The first kappa shape index (κ1) is 19.2. The van der Waals surface area contributed by atoms with Crippen molar-refractivity contribution in [1.29, 1.82) is 0 Å². The first-order chi connectivity index (χ1) is 14.1. The van der Waals surface area contributed by atoms with E-state index < -0.39 is 12.0 Å². The fourth-order valence-corrected chi connectivity index (χ4v) is 3.82. The number of ether oxygens (including phenoxy) is 3. The van der Waals surface area contributed by atoms with E-state index in [2.05, 4.69) is 14.9 Å². The van der Waals surface area contributed by atoms with Gasteiger partial charge in [0, 0.05) is 23.6 Å². The van der Waals surface area contributed by atoms with Crippen molar-refractivity contribution in [2.45, 2.75) is 26.3 Å². The molecule has 4 rings (SSSR count). The first-order valence-electron chi connectivity index (χ1n) is 9.25. The Labute approximate surface area is 171 Å². The Morgan fingerprint density at radius 2 is 2.14 bits per heavy atom. The van der Waals surface area contributed by atoms with Crippen molar-refractivity contribution in [3.63, 3.8) is 0 Å². The molecule has 9 nitrogen and oxygen atoms in total. The van der Waals surface area contributed by atoms with Crippen LogP contribution in [0.4, 0.5) is 10.5 Å². The van der Waals surface area contributed by atoms with Gasteiger partial charge < -0.3 is 19.5 Å². The van der Waals surface area contributed by atoms with Crippen LogP contribution < -0.4 is 19.7 Å². The van der Waals surface area contributed by atoms with E-state index in [0.29, 0.717) is 47.4 Å². The highest BCUT2D eigenvalue weighted by atomic mass is 32.1. The summed E-state index contributed by atoms with van der Waals surface area (Å²) in [6.45, 7) is 4.77. The highest BCUT2D eigenvalue weighted by Gasteiger charge is 2.38. The number of urea groups is 1. The van der Waals surface area contributed by atoms with Crippen LogP contribution in [0.25, 0.3) is 0 Å². The minimum Gasteiger partial charge on any atom is -0.490 e. The third kappa shape index (κ3) is 3.63. The molecule has 2 aliphatic rings. The smallest absolute Gasteiger partial charge is 0.338 e. The Balaban J connectivity index is 1.78. The number of allylic oxidation sites excluding steroid dienone is 1. The standard InChI is InChI=1S/C19H20N4O5S/c1-3-26-18(24)16-11(2)23(19(25)20-17(16)13-10-29-22-21-13)12-5-6-14-15(9-12)28-8-4-7-27-14/h5-6,9-10,17H,3-4,7-8H2,1-2H3,(H,20,25). The van der Waals surface area contributed by atoms with E-state index in [1.807, 2.05) is 0 Å². The number of benzene rings is 1. The largest absolute Gasteiger partial charge is 0.490 e. The van der Waals surface area contributed by atoms with Crippen molar-refractivity contribution in [3.8, 4) is 11.5 Å². The maximum atomic E-state index is 13.0. The van der Waals surface area contributed by atoms with E-state index in [-0.39, 0.29) is 12.6 Å². The molecule has 0 saturated carbocycles. The van der Waals surface area contributed by atoms with E-state index >= 15 is 0 Å². The minimum absolute atomic E-state index is 0.218. The van der Waals surface area contributed by atoms with Crippen molar-refractivity contribution in [2.75, 3.05) is 24.7 Å².